The smallest absolute Gasteiger partial charge is 0.222 e. The number of carbonyl (C=O) groups excluding carboxylic acids is 1. The van der Waals surface area contributed by atoms with E-state index in [-0.39, 0.29) is 5.41 Å². The van der Waals surface area contributed by atoms with Gasteiger partial charge in [0.25, 0.3) is 0 Å². The third kappa shape index (κ3) is 3.15. The summed E-state index contributed by atoms with van der Waals surface area (Å²) in [4.78, 5) is 14.2. The van der Waals surface area contributed by atoms with Crippen LogP contribution in [0.1, 0.15) is 48.4 Å². The fraction of sp³-hybridized carbons (Fsp3) is 0.370. The van der Waals surface area contributed by atoms with E-state index >= 15 is 0 Å². The summed E-state index contributed by atoms with van der Waals surface area (Å²) in [6, 6.07) is 22.9. The maximum absolute atomic E-state index is 12.2. The molecule has 0 spiro atoms. The average molecular weight is 384 g/mol. The molecular formula is C27H29NO. The molecule has 0 radical (unpaired) electrons. The monoisotopic (exact) mass is 383 g/mol. The summed E-state index contributed by atoms with van der Waals surface area (Å²) in [6.07, 6.45) is 5.96. The highest BCUT2D eigenvalue weighted by Crippen LogP contribution is 2.45. The predicted octanol–water partition coefficient (Wildman–Crippen LogP) is 5.45. The Kier molecular flexibility index (Phi) is 4.46. The van der Waals surface area contributed by atoms with Crippen LogP contribution >= 0.6 is 0 Å². The summed E-state index contributed by atoms with van der Waals surface area (Å²) in [5.41, 5.74) is 5.91. The molecule has 0 bridgehead atoms. The maximum atomic E-state index is 12.2. The van der Waals surface area contributed by atoms with Crippen molar-refractivity contribution in [2.24, 2.45) is 0 Å². The minimum Gasteiger partial charge on any atom is -0.342 e. The lowest BCUT2D eigenvalue weighted by molar-refractivity contribution is -0.138. The molecule has 1 amide bonds. The van der Waals surface area contributed by atoms with E-state index in [1.54, 1.807) is 0 Å². The van der Waals surface area contributed by atoms with Gasteiger partial charge in [-0.3, -0.25) is 4.79 Å². The number of nitrogens with zero attached hydrogens (tertiary/aromatic N) is 1. The summed E-state index contributed by atoms with van der Waals surface area (Å²) in [5.74, 6) is 0.308. The molecule has 1 aliphatic heterocycles. The molecule has 0 saturated carbocycles. The van der Waals surface area contributed by atoms with Gasteiger partial charge in [0.2, 0.25) is 5.91 Å². The summed E-state index contributed by atoms with van der Waals surface area (Å²) in [5, 5.41) is 2.63. The van der Waals surface area contributed by atoms with Gasteiger partial charge in [-0.2, -0.15) is 0 Å². The van der Waals surface area contributed by atoms with Gasteiger partial charge in [0.05, 0.1) is 0 Å². The highest BCUT2D eigenvalue weighted by Gasteiger charge is 2.46. The SMILES string of the molecule is CN1C(=O)CCC2(C)c3ccc(CCc4ccc5ccccc5c4)cc3CCC12. The van der Waals surface area contributed by atoms with Gasteiger partial charge in [0, 0.05) is 24.9 Å². The molecule has 1 saturated heterocycles. The Morgan fingerprint density at radius 3 is 2.48 bits per heavy atom. The van der Waals surface area contributed by atoms with Gasteiger partial charge >= 0.3 is 0 Å². The summed E-state index contributed by atoms with van der Waals surface area (Å²) in [6.45, 7) is 2.37. The molecule has 1 heterocycles. The van der Waals surface area contributed by atoms with Crippen molar-refractivity contribution >= 4 is 16.7 Å². The van der Waals surface area contributed by atoms with Gasteiger partial charge in [-0.05, 0) is 65.1 Å². The van der Waals surface area contributed by atoms with E-state index in [1.807, 2.05) is 11.9 Å². The molecule has 2 heteroatoms. The number of aryl methyl sites for hydroxylation is 3. The lowest BCUT2D eigenvalue weighted by Crippen LogP contribution is -2.56. The number of carbonyl (C=O) groups is 1. The Balaban J connectivity index is 1.36. The van der Waals surface area contributed by atoms with Crippen molar-refractivity contribution in [3.63, 3.8) is 0 Å². The van der Waals surface area contributed by atoms with E-state index in [1.165, 1.54) is 33.0 Å². The van der Waals surface area contributed by atoms with Crippen molar-refractivity contribution in [3.8, 4) is 0 Å². The molecule has 3 aromatic carbocycles. The van der Waals surface area contributed by atoms with Crippen molar-refractivity contribution in [2.45, 2.75) is 56.9 Å². The Hall–Kier alpha value is -2.61. The number of amides is 1. The van der Waals surface area contributed by atoms with Crippen molar-refractivity contribution < 1.29 is 4.79 Å². The third-order valence-corrected chi connectivity index (χ3v) is 7.44. The molecule has 3 aromatic rings. The quantitative estimate of drug-likeness (QED) is 0.589. The Morgan fingerprint density at radius 1 is 0.931 bits per heavy atom. The first-order chi connectivity index (χ1) is 14.0. The normalized spacial score (nSPS) is 23.7. The Bertz CT molecular complexity index is 1080. The molecule has 1 fully saturated rings. The molecule has 2 unspecified atom stereocenters. The van der Waals surface area contributed by atoms with E-state index < -0.39 is 0 Å². The molecule has 0 aromatic heterocycles. The highest BCUT2D eigenvalue weighted by molar-refractivity contribution is 5.83. The van der Waals surface area contributed by atoms with Crippen LogP contribution in [0.2, 0.25) is 0 Å². The average Bonchev–Trinajstić information content (AvgIpc) is 2.75. The van der Waals surface area contributed by atoms with Gasteiger partial charge in [0.1, 0.15) is 0 Å². The first-order valence-electron chi connectivity index (χ1n) is 10.9. The minimum atomic E-state index is 0.104. The molecule has 2 nitrogen and oxygen atoms in total. The van der Waals surface area contributed by atoms with E-state index in [0.29, 0.717) is 18.4 Å². The van der Waals surface area contributed by atoms with Crippen molar-refractivity contribution in [2.75, 3.05) is 7.05 Å². The van der Waals surface area contributed by atoms with Crippen LogP contribution in [0, 0.1) is 0 Å². The lowest BCUT2D eigenvalue weighted by atomic mass is 9.63. The third-order valence-electron chi connectivity index (χ3n) is 7.44. The van der Waals surface area contributed by atoms with Gasteiger partial charge in [-0.1, -0.05) is 67.6 Å². The largest absolute Gasteiger partial charge is 0.342 e. The zero-order valence-corrected chi connectivity index (χ0v) is 17.4. The zero-order valence-electron chi connectivity index (χ0n) is 17.4. The van der Waals surface area contributed by atoms with Crippen LogP contribution in [-0.4, -0.2) is 23.9 Å². The Morgan fingerprint density at radius 2 is 1.66 bits per heavy atom. The number of likely N-dealkylation sites (tertiary alicyclic amines) is 1. The fourth-order valence-electron chi connectivity index (χ4n) is 5.68. The predicted molar refractivity (Wildman–Crippen MR) is 119 cm³/mol. The van der Waals surface area contributed by atoms with Crippen LogP contribution in [0.25, 0.3) is 10.8 Å². The molecule has 5 rings (SSSR count). The van der Waals surface area contributed by atoms with Crippen LogP contribution in [-0.2, 0) is 29.5 Å². The topological polar surface area (TPSA) is 20.3 Å². The molecule has 148 valence electrons. The van der Waals surface area contributed by atoms with Crippen LogP contribution in [0.4, 0.5) is 0 Å². The van der Waals surface area contributed by atoms with Gasteiger partial charge in [-0.25, -0.2) is 0 Å². The second-order valence-electron chi connectivity index (χ2n) is 9.15. The number of fused-ring (bicyclic) bond motifs is 4. The number of benzene rings is 3. The molecule has 29 heavy (non-hydrogen) atoms. The molecular weight excluding hydrogens is 354 g/mol. The van der Waals surface area contributed by atoms with Crippen LogP contribution < -0.4 is 0 Å². The van der Waals surface area contributed by atoms with Crippen LogP contribution in [0.15, 0.2) is 60.7 Å². The summed E-state index contributed by atoms with van der Waals surface area (Å²) >= 11 is 0. The van der Waals surface area contributed by atoms with Crippen molar-refractivity contribution in [3.05, 3.63) is 82.9 Å². The van der Waals surface area contributed by atoms with E-state index in [2.05, 4.69) is 67.6 Å². The lowest BCUT2D eigenvalue weighted by Gasteiger charge is -2.50. The Labute approximate surface area is 173 Å². The molecule has 2 atom stereocenters. The molecule has 2 aliphatic rings. The highest BCUT2D eigenvalue weighted by atomic mass is 16.2. The standard InChI is InChI=1S/C27H29NO/c1-27-16-15-26(29)28(2)25(27)14-12-23-18-20(10-13-24(23)27)8-7-19-9-11-21-5-3-4-6-22(21)17-19/h3-6,9-11,13,17-18,25H,7-8,12,14-16H2,1-2H3. The van der Waals surface area contributed by atoms with Crippen LogP contribution in [0.5, 0.6) is 0 Å². The molecule has 1 aliphatic carbocycles. The van der Waals surface area contributed by atoms with Crippen molar-refractivity contribution in [1.29, 1.82) is 0 Å². The zero-order chi connectivity index (χ0) is 20.0. The number of hydrogen-bond donors (Lipinski definition) is 0. The summed E-state index contributed by atoms with van der Waals surface area (Å²) < 4.78 is 0. The number of piperidine rings is 1. The van der Waals surface area contributed by atoms with Gasteiger partial charge in [-0.15, -0.1) is 0 Å². The number of hydrogen-bond acceptors (Lipinski definition) is 1. The second-order valence-corrected chi connectivity index (χ2v) is 9.15. The minimum absolute atomic E-state index is 0.104. The molecule has 0 N–H and O–H groups in total. The van der Waals surface area contributed by atoms with E-state index in [9.17, 15) is 4.79 Å². The van der Waals surface area contributed by atoms with E-state index in [4.69, 9.17) is 0 Å². The number of rotatable bonds is 3. The van der Waals surface area contributed by atoms with Gasteiger partial charge in [0.15, 0.2) is 0 Å². The first-order valence-corrected chi connectivity index (χ1v) is 10.9. The maximum Gasteiger partial charge on any atom is 0.222 e. The number of likely N-dealkylation sites (N-methyl/N-ethyl adjacent to an activating group) is 1. The van der Waals surface area contributed by atoms with Gasteiger partial charge < -0.3 is 4.90 Å². The van der Waals surface area contributed by atoms with Crippen molar-refractivity contribution in [1.82, 2.24) is 4.90 Å². The van der Waals surface area contributed by atoms with E-state index in [0.717, 1.165) is 32.1 Å². The van der Waals surface area contributed by atoms with Crippen LogP contribution in [0.3, 0.4) is 0 Å². The second kappa shape index (κ2) is 7.02. The summed E-state index contributed by atoms with van der Waals surface area (Å²) in [7, 11) is 1.99. The fourth-order valence-corrected chi connectivity index (χ4v) is 5.68. The first kappa shape index (κ1) is 18.4.